The molecule has 0 aliphatic carbocycles. The van der Waals surface area contributed by atoms with Crippen molar-refractivity contribution in [3.63, 3.8) is 0 Å². The van der Waals surface area contributed by atoms with Crippen LogP contribution in [0.15, 0.2) is 36.5 Å². The Hall–Kier alpha value is -1.16. The van der Waals surface area contributed by atoms with E-state index in [9.17, 15) is 0 Å². The summed E-state index contributed by atoms with van der Waals surface area (Å²) in [6, 6.07) is 10.0. The molecule has 0 saturated carbocycles. The zero-order valence-corrected chi connectivity index (χ0v) is 9.89. The van der Waals surface area contributed by atoms with Gasteiger partial charge in [0.1, 0.15) is 0 Å². The fraction of sp³-hybridized carbons (Fsp3) is 0.273. The van der Waals surface area contributed by atoms with E-state index in [1.54, 1.807) is 0 Å². The minimum atomic E-state index is 0.970. The van der Waals surface area contributed by atoms with Gasteiger partial charge in [0.25, 0.3) is 0 Å². The van der Waals surface area contributed by atoms with Crippen LogP contribution in [-0.4, -0.2) is 20.3 Å². The van der Waals surface area contributed by atoms with Crippen LogP contribution in [0.2, 0.25) is 0 Å². The molecule has 3 nitrogen and oxygen atoms in total. The van der Waals surface area contributed by atoms with Gasteiger partial charge in [-0.3, -0.25) is 0 Å². The summed E-state index contributed by atoms with van der Waals surface area (Å²) in [5.41, 5.74) is 2.09. The monoisotopic (exact) mass is 265 g/mol. The van der Waals surface area contributed by atoms with Crippen LogP contribution >= 0.6 is 15.9 Å². The summed E-state index contributed by atoms with van der Waals surface area (Å²) in [6.45, 7) is 0. The van der Waals surface area contributed by atoms with Gasteiger partial charge in [-0.25, -0.2) is 4.68 Å². The van der Waals surface area contributed by atoms with Crippen molar-refractivity contribution in [3.05, 3.63) is 42.2 Å². The number of aryl methyl sites for hydroxylation is 1. The zero-order chi connectivity index (χ0) is 10.5. The molecule has 0 amide bonds. The van der Waals surface area contributed by atoms with Crippen LogP contribution in [-0.2, 0) is 6.42 Å². The molecule has 0 bridgehead atoms. The fourth-order valence-corrected chi connectivity index (χ4v) is 1.65. The molecule has 0 unspecified atom stereocenters. The van der Waals surface area contributed by atoms with E-state index < -0.39 is 0 Å². The summed E-state index contributed by atoms with van der Waals surface area (Å²) in [5, 5.41) is 9.22. The Bertz CT molecular complexity index is 411. The third-order valence-electron chi connectivity index (χ3n) is 2.13. The SMILES string of the molecule is BrCCCc1cn(-c2ccccc2)nn1. The molecule has 1 aromatic heterocycles. The highest BCUT2D eigenvalue weighted by Gasteiger charge is 2.01. The van der Waals surface area contributed by atoms with Crippen molar-refractivity contribution in [1.82, 2.24) is 15.0 Å². The topological polar surface area (TPSA) is 30.7 Å². The van der Waals surface area contributed by atoms with E-state index in [1.165, 1.54) is 0 Å². The summed E-state index contributed by atoms with van der Waals surface area (Å²) in [4.78, 5) is 0. The van der Waals surface area contributed by atoms with Crippen molar-refractivity contribution in [3.8, 4) is 5.69 Å². The van der Waals surface area contributed by atoms with Gasteiger partial charge in [-0.2, -0.15) is 0 Å². The van der Waals surface area contributed by atoms with E-state index in [0.29, 0.717) is 0 Å². The number of rotatable bonds is 4. The lowest BCUT2D eigenvalue weighted by Gasteiger charge is -1.97. The van der Waals surface area contributed by atoms with Crippen LogP contribution in [0.3, 0.4) is 0 Å². The molecule has 0 aliphatic heterocycles. The highest BCUT2D eigenvalue weighted by atomic mass is 79.9. The molecule has 0 spiro atoms. The average molecular weight is 266 g/mol. The number of halogens is 1. The van der Waals surface area contributed by atoms with E-state index in [0.717, 1.165) is 29.6 Å². The first-order chi connectivity index (χ1) is 7.40. The first-order valence-corrected chi connectivity index (χ1v) is 6.05. The Morgan fingerprint density at radius 3 is 2.73 bits per heavy atom. The van der Waals surface area contributed by atoms with Crippen molar-refractivity contribution in [1.29, 1.82) is 0 Å². The second-order valence-electron chi connectivity index (χ2n) is 3.28. The molecular formula is C11H12BrN3. The normalized spacial score (nSPS) is 10.5. The molecule has 0 N–H and O–H groups in total. The number of benzene rings is 1. The van der Waals surface area contributed by atoms with E-state index >= 15 is 0 Å². The zero-order valence-electron chi connectivity index (χ0n) is 8.31. The van der Waals surface area contributed by atoms with Crippen molar-refractivity contribution in [2.24, 2.45) is 0 Å². The molecule has 1 aromatic carbocycles. The van der Waals surface area contributed by atoms with E-state index in [2.05, 4.69) is 26.2 Å². The highest BCUT2D eigenvalue weighted by Crippen LogP contribution is 2.07. The summed E-state index contributed by atoms with van der Waals surface area (Å²) >= 11 is 3.40. The summed E-state index contributed by atoms with van der Waals surface area (Å²) in [7, 11) is 0. The van der Waals surface area contributed by atoms with Crippen LogP contribution in [0.4, 0.5) is 0 Å². The van der Waals surface area contributed by atoms with Gasteiger partial charge in [-0.1, -0.05) is 39.3 Å². The molecule has 0 saturated heterocycles. The van der Waals surface area contributed by atoms with Crippen molar-refractivity contribution in [2.75, 3.05) is 5.33 Å². The first-order valence-electron chi connectivity index (χ1n) is 4.93. The average Bonchev–Trinajstić information content (AvgIpc) is 2.76. The number of hydrogen-bond donors (Lipinski definition) is 0. The Kier molecular flexibility index (Phi) is 3.50. The van der Waals surface area contributed by atoms with Crippen LogP contribution in [0.25, 0.3) is 5.69 Å². The van der Waals surface area contributed by atoms with Gasteiger partial charge in [-0.05, 0) is 25.0 Å². The molecule has 1 heterocycles. The maximum absolute atomic E-state index is 4.12. The molecule has 2 aromatic rings. The van der Waals surface area contributed by atoms with Crippen molar-refractivity contribution < 1.29 is 0 Å². The molecule has 0 aliphatic rings. The lowest BCUT2D eigenvalue weighted by molar-refractivity contribution is 0.793. The largest absolute Gasteiger partial charge is 0.220 e. The molecule has 0 atom stereocenters. The van der Waals surface area contributed by atoms with Crippen molar-refractivity contribution >= 4 is 15.9 Å². The summed E-state index contributed by atoms with van der Waals surface area (Å²) in [5.74, 6) is 0. The standard InChI is InChI=1S/C11H12BrN3/c12-8-4-5-10-9-15(14-13-10)11-6-2-1-3-7-11/h1-3,6-7,9H,4-5,8H2. The van der Waals surface area contributed by atoms with Crippen LogP contribution < -0.4 is 0 Å². The molecule has 2 rings (SSSR count). The molecule has 78 valence electrons. The number of aromatic nitrogens is 3. The highest BCUT2D eigenvalue weighted by molar-refractivity contribution is 9.09. The summed E-state index contributed by atoms with van der Waals surface area (Å²) in [6.07, 6.45) is 4.05. The first kappa shape index (κ1) is 10.4. The maximum Gasteiger partial charge on any atom is 0.0832 e. The van der Waals surface area contributed by atoms with Crippen LogP contribution in [0.5, 0.6) is 0 Å². The van der Waals surface area contributed by atoms with Gasteiger partial charge in [0.05, 0.1) is 17.6 Å². The quantitative estimate of drug-likeness (QED) is 0.796. The van der Waals surface area contributed by atoms with Gasteiger partial charge in [0.15, 0.2) is 0 Å². The Morgan fingerprint density at radius 2 is 2.00 bits per heavy atom. The Labute approximate surface area is 97.2 Å². The van der Waals surface area contributed by atoms with E-state index in [-0.39, 0.29) is 0 Å². The second-order valence-corrected chi connectivity index (χ2v) is 4.08. The molecule has 15 heavy (non-hydrogen) atoms. The minimum Gasteiger partial charge on any atom is -0.220 e. The lowest BCUT2D eigenvalue weighted by atomic mass is 10.3. The molecule has 4 heteroatoms. The maximum atomic E-state index is 4.12. The lowest BCUT2D eigenvalue weighted by Crippen LogP contribution is -1.93. The summed E-state index contributed by atoms with van der Waals surface area (Å²) < 4.78 is 1.81. The van der Waals surface area contributed by atoms with Gasteiger partial charge >= 0.3 is 0 Å². The van der Waals surface area contributed by atoms with E-state index in [4.69, 9.17) is 0 Å². The van der Waals surface area contributed by atoms with Crippen LogP contribution in [0.1, 0.15) is 12.1 Å². The molecule has 0 radical (unpaired) electrons. The minimum absolute atomic E-state index is 0.970. The number of nitrogens with zero attached hydrogens (tertiary/aromatic N) is 3. The number of alkyl halides is 1. The molecular weight excluding hydrogens is 254 g/mol. The van der Waals surface area contributed by atoms with Crippen LogP contribution in [0, 0.1) is 0 Å². The number of para-hydroxylation sites is 1. The Balaban J connectivity index is 2.14. The second kappa shape index (κ2) is 5.07. The smallest absolute Gasteiger partial charge is 0.0832 e. The van der Waals surface area contributed by atoms with E-state index in [1.807, 2.05) is 41.2 Å². The third-order valence-corrected chi connectivity index (χ3v) is 2.69. The van der Waals surface area contributed by atoms with Crippen molar-refractivity contribution in [2.45, 2.75) is 12.8 Å². The number of hydrogen-bond acceptors (Lipinski definition) is 2. The van der Waals surface area contributed by atoms with Gasteiger partial charge < -0.3 is 0 Å². The van der Waals surface area contributed by atoms with Gasteiger partial charge in [0, 0.05) is 5.33 Å². The van der Waals surface area contributed by atoms with Gasteiger partial charge in [-0.15, -0.1) is 5.10 Å². The Morgan fingerprint density at radius 1 is 1.20 bits per heavy atom. The predicted molar refractivity (Wildman–Crippen MR) is 63.5 cm³/mol. The predicted octanol–water partition coefficient (Wildman–Crippen LogP) is 2.59. The third kappa shape index (κ3) is 2.65. The fourth-order valence-electron chi connectivity index (χ4n) is 1.37. The van der Waals surface area contributed by atoms with Gasteiger partial charge in [0.2, 0.25) is 0 Å². The molecule has 0 fully saturated rings.